The first kappa shape index (κ1) is 13.6. The van der Waals surface area contributed by atoms with Crippen LogP contribution >= 0.6 is 11.8 Å². The predicted octanol–water partition coefficient (Wildman–Crippen LogP) is 4.02. The van der Waals surface area contributed by atoms with Crippen molar-refractivity contribution in [3.63, 3.8) is 0 Å². The number of nitrogens with zero attached hydrogens (tertiary/aromatic N) is 2. The quantitative estimate of drug-likeness (QED) is 0.793. The lowest BCUT2D eigenvalue weighted by Gasteiger charge is -2.06. The topological polar surface area (TPSA) is 51.8 Å². The van der Waals surface area contributed by atoms with Crippen molar-refractivity contribution in [3.8, 4) is 11.3 Å². The van der Waals surface area contributed by atoms with Crippen LogP contribution in [0.1, 0.15) is 0 Å². The van der Waals surface area contributed by atoms with Gasteiger partial charge in [0.15, 0.2) is 0 Å². The zero-order valence-corrected chi connectivity index (χ0v) is 11.8. The molecule has 0 amide bonds. The van der Waals surface area contributed by atoms with E-state index in [2.05, 4.69) is 9.97 Å². The second-order valence-corrected chi connectivity index (χ2v) is 5.48. The number of nitrogen functional groups attached to an aromatic ring is 1. The molecule has 0 atom stereocenters. The van der Waals surface area contributed by atoms with Gasteiger partial charge in [0.2, 0.25) is 5.95 Å². The Labute approximate surface area is 126 Å². The maximum atomic E-state index is 14.2. The lowest BCUT2D eigenvalue weighted by atomic mass is 10.1. The van der Waals surface area contributed by atoms with Gasteiger partial charge in [0.05, 0.1) is 5.69 Å². The van der Waals surface area contributed by atoms with Gasteiger partial charge in [0.1, 0.15) is 5.82 Å². The van der Waals surface area contributed by atoms with Crippen LogP contribution in [0.25, 0.3) is 11.3 Å². The summed E-state index contributed by atoms with van der Waals surface area (Å²) in [6, 6.07) is 16.4. The largest absolute Gasteiger partial charge is 0.368 e. The molecule has 0 saturated carbocycles. The van der Waals surface area contributed by atoms with Crippen LogP contribution in [0.5, 0.6) is 0 Å². The molecule has 0 aliphatic heterocycles. The van der Waals surface area contributed by atoms with Gasteiger partial charge in [-0.05, 0) is 30.3 Å². The van der Waals surface area contributed by atoms with Gasteiger partial charge in [-0.15, -0.1) is 0 Å². The lowest BCUT2D eigenvalue weighted by molar-refractivity contribution is 0.602. The van der Waals surface area contributed by atoms with Gasteiger partial charge in [-0.1, -0.05) is 36.0 Å². The molecular weight excluding hydrogens is 285 g/mol. The van der Waals surface area contributed by atoms with Gasteiger partial charge in [-0.2, -0.15) is 0 Å². The van der Waals surface area contributed by atoms with Crippen molar-refractivity contribution in [3.05, 3.63) is 66.6 Å². The molecule has 5 heteroatoms. The Morgan fingerprint density at radius 1 is 1.00 bits per heavy atom. The van der Waals surface area contributed by atoms with E-state index in [0.29, 0.717) is 16.2 Å². The first-order valence-electron chi connectivity index (χ1n) is 6.34. The van der Waals surface area contributed by atoms with Crippen LogP contribution in [0, 0.1) is 5.82 Å². The summed E-state index contributed by atoms with van der Waals surface area (Å²) in [6.45, 7) is 0. The molecule has 2 N–H and O–H groups in total. The smallest absolute Gasteiger partial charge is 0.220 e. The Morgan fingerprint density at radius 3 is 2.52 bits per heavy atom. The molecule has 0 spiro atoms. The van der Waals surface area contributed by atoms with E-state index in [1.54, 1.807) is 18.3 Å². The first-order valence-corrected chi connectivity index (χ1v) is 7.15. The molecule has 2 aromatic carbocycles. The van der Waals surface area contributed by atoms with Crippen molar-refractivity contribution in [2.75, 3.05) is 5.73 Å². The number of halogens is 1. The average Bonchev–Trinajstić information content (AvgIpc) is 2.50. The number of anilines is 1. The summed E-state index contributed by atoms with van der Waals surface area (Å²) in [5.41, 5.74) is 6.83. The van der Waals surface area contributed by atoms with E-state index in [4.69, 9.17) is 5.73 Å². The van der Waals surface area contributed by atoms with Gasteiger partial charge in [0, 0.05) is 21.6 Å². The number of hydrogen-bond donors (Lipinski definition) is 1. The summed E-state index contributed by atoms with van der Waals surface area (Å²) in [5, 5.41) is 0. The Kier molecular flexibility index (Phi) is 3.83. The van der Waals surface area contributed by atoms with Gasteiger partial charge in [-0.25, -0.2) is 14.4 Å². The van der Waals surface area contributed by atoms with Gasteiger partial charge in [-0.3, -0.25) is 0 Å². The highest BCUT2D eigenvalue weighted by Crippen LogP contribution is 2.31. The fourth-order valence-corrected chi connectivity index (χ4v) is 2.73. The predicted molar refractivity (Wildman–Crippen MR) is 82.4 cm³/mol. The highest BCUT2D eigenvalue weighted by Gasteiger charge is 2.08. The van der Waals surface area contributed by atoms with Crippen LogP contribution in [-0.4, -0.2) is 9.97 Å². The minimum absolute atomic E-state index is 0.177. The number of hydrogen-bond acceptors (Lipinski definition) is 4. The molecule has 3 aromatic rings. The van der Waals surface area contributed by atoms with E-state index < -0.39 is 0 Å². The zero-order valence-electron chi connectivity index (χ0n) is 11.0. The number of aromatic nitrogens is 2. The molecule has 0 aliphatic rings. The van der Waals surface area contributed by atoms with E-state index in [-0.39, 0.29) is 11.8 Å². The molecule has 0 unspecified atom stereocenters. The summed E-state index contributed by atoms with van der Waals surface area (Å²) < 4.78 is 14.2. The molecule has 0 fully saturated rings. The van der Waals surface area contributed by atoms with Crippen molar-refractivity contribution < 1.29 is 4.39 Å². The molecule has 1 aromatic heterocycles. The Balaban J connectivity index is 1.90. The molecule has 0 bridgehead atoms. The zero-order chi connectivity index (χ0) is 14.7. The molecule has 104 valence electrons. The van der Waals surface area contributed by atoms with E-state index in [9.17, 15) is 4.39 Å². The standard InChI is InChI=1S/C16H12FN3S/c17-13-10-11(14-8-9-19-16(18)20-14)6-7-15(13)21-12-4-2-1-3-5-12/h1-10H,(H2,18,19,20). The summed E-state index contributed by atoms with van der Waals surface area (Å²) >= 11 is 1.39. The average molecular weight is 297 g/mol. The minimum atomic E-state index is -0.279. The molecule has 21 heavy (non-hydrogen) atoms. The third-order valence-electron chi connectivity index (χ3n) is 2.87. The molecule has 1 heterocycles. The fourth-order valence-electron chi connectivity index (χ4n) is 1.89. The van der Waals surface area contributed by atoms with Crippen LogP contribution in [0.15, 0.2) is 70.6 Å². The normalized spacial score (nSPS) is 10.5. The van der Waals surface area contributed by atoms with Crippen molar-refractivity contribution in [1.29, 1.82) is 0 Å². The molecule has 0 radical (unpaired) electrons. The highest BCUT2D eigenvalue weighted by molar-refractivity contribution is 7.99. The third kappa shape index (κ3) is 3.20. The maximum Gasteiger partial charge on any atom is 0.220 e. The highest BCUT2D eigenvalue weighted by atomic mass is 32.2. The van der Waals surface area contributed by atoms with E-state index in [1.807, 2.05) is 36.4 Å². The fraction of sp³-hybridized carbons (Fsp3) is 0. The molecule has 0 saturated heterocycles. The Bertz CT molecular complexity index is 762. The summed E-state index contributed by atoms with van der Waals surface area (Å²) in [5.74, 6) is -0.103. The van der Waals surface area contributed by atoms with Crippen LogP contribution < -0.4 is 5.73 Å². The van der Waals surface area contributed by atoms with Crippen molar-refractivity contribution in [2.24, 2.45) is 0 Å². The lowest BCUT2D eigenvalue weighted by Crippen LogP contribution is -1.95. The Morgan fingerprint density at radius 2 is 1.81 bits per heavy atom. The summed E-state index contributed by atoms with van der Waals surface area (Å²) in [6.07, 6.45) is 1.56. The number of rotatable bonds is 3. The monoisotopic (exact) mass is 297 g/mol. The SMILES string of the molecule is Nc1nccc(-c2ccc(Sc3ccccc3)c(F)c2)n1. The van der Waals surface area contributed by atoms with Crippen LogP contribution in [0.4, 0.5) is 10.3 Å². The van der Waals surface area contributed by atoms with Gasteiger partial charge in [0.25, 0.3) is 0 Å². The maximum absolute atomic E-state index is 14.2. The summed E-state index contributed by atoms with van der Waals surface area (Å²) in [4.78, 5) is 9.49. The van der Waals surface area contributed by atoms with Crippen molar-refractivity contribution >= 4 is 17.7 Å². The molecule has 0 aliphatic carbocycles. The van der Waals surface area contributed by atoms with Gasteiger partial charge < -0.3 is 5.73 Å². The Hall–Kier alpha value is -2.40. The van der Waals surface area contributed by atoms with Crippen LogP contribution in [-0.2, 0) is 0 Å². The minimum Gasteiger partial charge on any atom is -0.368 e. The van der Waals surface area contributed by atoms with Crippen molar-refractivity contribution in [2.45, 2.75) is 9.79 Å². The first-order chi connectivity index (χ1) is 10.2. The number of benzene rings is 2. The third-order valence-corrected chi connectivity index (χ3v) is 3.93. The second-order valence-electron chi connectivity index (χ2n) is 4.36. The molecular formula is C16H12FN3S. The van der Waals surface area contributed by atoms with E-state index in [0.717, 1.165) is 4.90 Å². The van der Waals surface area contributed by atoms with E-state index in [1.165, 1.54) is 17.8 Å². The van der Waals surface area contributed by atoms with Gasteiger partial charge >= 0.3 is 0 Å². The summed E-state index contributed by atoms with van der Waals surface area (Å²) in [7, 11) is 0. The number of nitrogens with two attached hydrogens (primary N) is 1. The second kappa shape index (κ2) is 5.93. The molecule has 3 nitrogen and oxygen atoms in total. The van der Waals surface area contributed by atoms with Crippen molar-refractivity contribution in [1.82, 2.24) is 9.97 Å². The van der Waals surface area contributed by atoms with Crippen LogP contribution in [0.2, 0.25) is 0 Å². The van der Waals surface area contributed by atoms with E-state index >= 15 is 0 Å². The molecule has 3 rings (SSSR count). The van der Waals surface area contributed by atoms with Crippen LogP contribution in [0.3, 0.4) is 0 Å².